The Morgan fingerprint density at radius 2 is 1.90 bits per heavy atom. The van der Waals surface area contributed by atoms with Gasteiger partial charge in [0.05, 0.1) is 11.4 Å². The summed E-state index contributed by atoms with van der Waals surface area (Å²) in [6.07, 6.45) is 0. The van der Waals surface area contributed by atoms with Crippen LogP contribution in [0.25, 0.3) is 5.69 Å². The first-order valence-corrected chi connectivity index (χ1v) is 9.78. The molecule has 156 valence electrons. The zero-order chi connectivity index (χ0) is 21.7. The zero-order valence-corrected chi connectivity index (χ0v) is 17.4. The van der Waals surface area contributed by atoms with Crippen molar-refractivity contribution in [1.29, 1.82) is 0 Å². The molecule has 3 aromatic rings. The predicted octanol–water partition coefficient (Wildman–Crippen LogP) is 4.18. The van der Waals surface area contributed by atoms with Crippen molar-refractivity contribution in [3.63, 3.8) is 0 Å². The third-order valence-corrected chi connectivity index (χ3v) is 4.88. The second-order valence-corrected chi connectivity index (χ2v) is 6.97. The second-order valence-electron chi connectivity index (χ2n) is 6.61. The van der Waals surface area contributed by atoms with Gasteiger partial charge in [0.2, 0.25) is 0 Å². The minimum Gasteiger partial charge on any atom is -0.452 e. The lowest BCUT2D eigenvalue weighted by molar-refractivity contribution is -0.134. The molecule has 0 bridgehead atoms. The highest BCUT2D eigenvalue weighted by molar-refractivity contribution is 6.33. The summed E-state index contributed by atoms with van der Waals surface area (Å²) in [6, 6.07) is 15.1. The topological polar surface area (TPSA) is 64.4 Å². The van der Waals surface area contributed by atoms with E-state index in [-0.39, 0.29) is 29.0 Å². The normalized spacial score (nSPS) is 10.7. The van der Waals surface area contributed by atoms with E-state index in [1.807, 2.05) is 30.3 Å². The molecule has 0 aliphatic rings. The summed E-state index contributed by atoms with van der Waals surface area (Å²) in [6.45, 7) is 3.60. The second kappa shape index (κ2) is 9.54. The molecular formula is C22H21ClFN3O3. The summed E-state index contributed by atoms with van der Waals surface area (Å²) in [5.74, 6) is -1.49. The first-order chi connectivity index (χ1) is 14.4. The SMILES string of the molecule is CCN(Cc1cccc(F)c1)C(=O)COC(=O)c1c(C)nn(-c2ccccc2)c1Cl. The number of para-hydroxylation sites is 1. The molecule has 0 spiro atoms. The number of halogens is 2. The van der Waals surface area contributed by atoms with Crippen molar-refractivity contribution in [2.24, 2.45) is 0 Å². The first-order valence-electron chi connectivity index (χ1n) is 9.40. The third-order valence-electron chi connectivity index (χ3n) is 4.53. The molecule has 0 saturated heterocycles. The summed E-state index contributed by atoms with van der Waals surface area (Å²) in [7, 11) is 0. The Bertz CT molecular complexity index is 1050. The molecule has 30 heavy (non-hydrogen) atoms. The Labute approximate surface area is 178 Å². The van der Waals surface area contributed by atoms with Crippen molar-refractivity contribution in [3.8, 4) is 5.69 Å². The number of hydrogen-bond acceptors (Lipinski definition) is 4. The van der Waals surface area contributed by atoms with Crippen LogP contribution < -0.4 is 0 Å². The molecule has 3 rings (SSSR count). The molecule has 0 N–H and O–H groups in total. The summed E-state index contributed by atoms with van der Waals surface area (Å²) in [4.78, 5) is 26.5. The highest BCUT2D eigenvalue weighted by atomic mass is 35.5. The molecule has 1 amide bonds. The number of likely N-dealkylation sites (N-methyl/N-ethyl adjacent to an activating group) is 1. The van der Waals surface area contributed by atoms with Crippen LogP contribution in [0.4, 0.5) is 4.39 Å². The number of nitrogens with zero attached hydrogens (tertiary/aromatic N) is 3. The highest BCUT2D eigenvalue weighted by Gasteiger charge is 2.24. The van der Waals surface area contributed by atoms with Crippen molar-refractivity contribution >= 4 is 23.5 Å². The van der Waals surface area contributed by atoms with Crippen LogP contribution >= 0.6 is 11.6 Å². The number of esters is 1. The number of hydrogen-bond donors (Lipinski definition) is 0. The minimum atomic E-state index is -0.727. The minimum absolute atomic E-state index is 0.112. The van der Waals surface area contributed by atoms with Gasteiger partial charge in [-0.25, -0.2) is 13.9 Å². The van der Waals surface area contributed by atoms with E-state index in [1.54, 1.807) is 26.0 Å². The number of carbonyl (C=O) groups is 2. The highest BCUT2D eigenvalue weighted by Crippen LogP contribution is 2.24. The molecule has 0 fully saturated rings. The largest absolute Gasteiger partial charge is 0.452 e. The fourth-order valence-corrected chi connectivity index (χ4v) is 3.34. The maximum Gasteiger partial charge on any atom is 0.343 e. The summed E-state index contributed by atoms with van der Waals surface area (Å²) in [5, 5.41) is 4.41. The van der Waals surface area contributed by atoms with Crippen LogP contribution in [0, 0.1) is 12.7 Å². The lowest BCUT2D eigenvalue weighted by Gasteiger charge is -2.21. The molecule has 0 unspecified atom stereocenters. The number of amides is 1. The average Bonchev–Trinajstić information content (AvgIpc) is 3.04. The van der Waals surface area contributed by atoms with Gasteiger partial charge in [-0.15, -0.1) is 0 Å². The van der Waals surface area contributed by atoms with Crippen LogP contribution in [-0.2, 0) is 16.1 Å². The van der Waals surface area contributed by atoms with E-state index in [9.17, 15) is 14.0 Å². The summed E-state index contributed by atoms with van der Waals surface area (Å²) >= 11 is 6.36. The van der Waals surface area contributed by atoms with Gasteiger partial charge in [-0.3, -0.25) is 4.79 Å². The van der Waals surface area contributed by atoms with E-state index in [0.29, 0.717) is 23.5 Å². The third kappa shape index (κ3) is 4.86. The number of aromatic nitrogens is 2. The van der Waals surface area contributed by atoms with Gasteiger partial charge < -0.3 is 9.64 Å². The molecule has 6 nitrogen and oxygen atoms in total. The lowest BCUT2D eigenvalue weighted by atomic mass is 10.2. The van der Waals surface area contributed by atoms with E-state index >= 15 is 0 Å². The van der Waals surface area contributed by atoms with Crippen molar-refractivity contribution in [2.45, 2.75) is 20.4 Å². The Kier molecular flexibility index (Phi) is 6.84. The van der Waals surface area contributed by atoms with Crippen molar-refractivity contribution in [2.75, 3.05) is 13.2 Å². The Morgan fingerprint density at radius 1 is 1.17 bits per heavy atom. The van der Waals surface area contributed by atoms with Crippen LogP contribution in [0.15, 0.2) is 54.6 Å². The Hall–Kier alpha value is -3.19. The average molecular weight is 430 g/mol. The van der Waals surface area contributed by atoms with Gasteiger partial charge in [0.1, 0.15) is 16.5 Å². The Morgan fingerprint density at radius 3 is 2.57 bits per heavy atom. The molecule has 0 aliphatic heterocycles. The van der Waals surface area contributed by atoms with Gasteiger partial charge in [-0.05, 0) is 43.7 Å². The van der Waals surface area contributed by atoms with Crippen molar-refractivity contribution in [1.82, 2.24) is 14.7 Å². The standard InChI is InChI=1S/C22H21ClFN3O3/c1-3-26(13-16-8-7-9-17(24)12-16)19(28)14-30-22(29)20-15(2)25-27(21(20)23)18-10-5-4-6-11-18/h4-12H,3,13-14H2,1-2H3. The molecule has 2 aromatic carbocycles. The van der Waals surface area contributed by atoms with Crippen LogP contribution in [0.2, 0.25) is 5.15 Å². The van der Waals surface area contributed by atoms with Crippen molar-refractivity contribution in [3.05, 3.63) is 82.4 Å². The molecule has 0 saturated carbocycles. The molecule has 1 aromatic heterocycles. The van der Waals surface area contributed by atoms with Gasteiger partial charge in [0.15, 0.2) is 6.61 Å². The monoisotopic (exact) mass is 429 g/mol. The predicted molar refractivity (Wildman–Crippen MR) is 111 cm³/mol. The summed E-state index contributed by atoms with van der Waals surface area (Å²) < 4.78 is 20.0. The maximum atomic E-state index is 13.4. The number of rotatable bonds is 7. The van der Waals surface area contributed by atoms with Gasteiger partial charge in [-0.1, -0.05) is 41.9 Å². The van der Waals surface area contributed by atoms with Crippen LogP contribution in [0.1, 0.15) is 28.5 Å². The van der Waals surface area contributed by atoms with Crippen molar-refractivity contribution < 1.29 is 18.7 Å². The Balaban J connectivity index is 1.67. The number of ether oxygens (including phenoxy) is 1. The van der Waals surface area contributed by atoms with E-state index in [1.165, 1.54) is 21.7 Å². The molecule has 0 radical (unpaired) electrons. The molecule has 8 heteroatoms. The van der Waals surface area contributed by atoms with E-state index in [4.69, 9.17) is 16.3 Å². The molecular weight excluding hydrogens is 409 g/mol. The van der Waals surface area contributed by atoms with E-state index < -0.39 is 12.6 Å². The van der Waals surface area contributed by atoms with Gasteiger partial charge >= 0.3 is 5.97 Å². The summed E-state index contributed by atoms with van der Waals surface area (Å²) in [5.41, 5.74) is 1.86. The molecule has 0 atom stereocenters. The van der Waals surface area contributed by atoms with Crippen LogP contribution in [-0.4, -0.2) is 39.7 Å². The quantitative estimate of drug-likeness (QED) is 0.528. The number of carbonyl (C=O) groups excluding carboxylic acids is 2. The fourth-order valence-electron chi connectivity index (χ4n) is 2.99. The van der Waals surface area contributed by atoms with Gasteiger partial charge in [-0.2, -0.15) is 5.10 Å². The maximum absolute atomic E-state index is 13.4. The number of aryl methyl sites for hydroxylation is 1. The zero-order valence-electron chi connectivity index (χ0n) is 16.6. The first kappa shape index (κ1) is 21.5. The fraction of sp³-hybridized carbons (Fsp3) is 0.227. The molecule has 1 heterocycles. The lowest BCUT2D eigenvalue weighted by Crippen LogP contribution is -2.34. The molecule has 0 aliphatic carbocycles. The van der Waals surface area contributed by atoms with E-state index in [0.717, 1.165) is 0 Å². The van der Waals surface area contributed by atoms with E-state index in [2.05, 4.69) is 5.10 Å². The smallest absolute Gasteiger partial charge is 0.343 e. The van der Waals surface area contributed by atoms with Gasteiger partial charge in [0.25, 0.3) is 5.91 Å². The number of benzene rings is 2. The van der Waals surface area contributed by atoms with Crippen LogP contribution in [0.3, 0.4) is 0 Å². The van der Waals surface area contributed by atoms with Gasteiger partial charge in [0, 0.05) is 13.1 Å². The van der Waals surface area contributed by atoms with Crippen LogP contribution in [0.5, 0.6) is 0 Å².